The fourth-order valence-corrected chi connectivity index (χ4v) is 1.95. The lowest BCUT2D eigenvalue weighted by atomic mass is 10.1. The number of sulfonamides is 1. The molecule has 108 valence electrons. The largest absolute Gasteiger partial charge is 0.364 e. The van der Waals surface area contributed by atoms with Gasteiger partial charge in [0.2, 0.25) is 10.0 Å². The maximum absolute atomic E-state index is 12.1. The number of nitrogens with one attached hydrogen (secondary N) is 2. The summed E-state index contributed by atoms with van der Waals surface area (Å²) in [5.41, 5.74) is -0.559. The Hall–Kier alpha value is -1.41. The summed E-state index contributed by atoms with van der Waals surface area (Å²) in [4.78, 5) is 16.1. The molecule has 1 heterocycles. The van der Waals surface area contributed by atoms with Gasteiger partial charge in [-0.25, -0.2) is 18.1 Å². The third-order valence-electron chi connectivity index (χ3n) is 2.35. The number of nitrogens with zero attached hydrogens (tertiary/aromatic N) is 2. The maximum Gasteiger partial charge on any atom is 0.293 e. The lowest BCUT2D eigenvalue weighted by Crippen LogP contribution is -2.36. The standard InChI is InChI=1S/C11H20N4O3S/c1-11(2,3)15-8-7-13-9(10(15)16)12-5-6-14-19(4,17)18/h7-8,14H,5-6H2,1-4H3,(H,12,13). The first kappa shape index (κ1) is 15.6. The number of hydrogen-bond donors (Lipinski definition) is 2. The molecule has 7 nitrogen and oxygen atoms in total. The monoisotopic (exact) mass is 288 g/mol. The minimum atomic E-state index is -3.21. The molecule has 0 aliphatic carbocycles. The van der Waals surface area contributed by atoms with Crippen LogP contribution in [0.1, 0.15) is 20.8 Å². The minimum absolute atomic E-state index is 0.199. The van der Waals surface area contributed by atoms with E-state index in [4.69, 9.17) is 0 Å². The van der Waals surface area contributed by atoms with E-state index in [2.05, 4.69) is 15.0 Å². The summed E-state index contributed by atoms with van der Waals surface area (Å²) >= 11 is 0. The first-order valence-electron chi connectivity index (χ1n) is 5.88. The Morgan fingerprint density at radius 2 is 1.95 bits per heavy atom. The number of anilines is 1. The molecule has 0 aliphatic rings. The molecule has 0 radical (unpaired) electrons. The van der Waals surface area contributed by atoms with Gasteiger partial charge in [-0.05, 0) is 20.8 Å². The van der Waals surface area contributed by atoms with E-state index in [1.54, 1.807) is 17.0 Å². The van der Waals surface area contributed by atoms with Crippen molar-refractivity contribution < 1.29 is 8.42 Å². The van der Waals surface area contributed by atoms with Crippen molar-refractivity contribution in [1.82, 2.24) is 14.3 Å². The Balaban J connectivity index is 2.73. The molecule has 0 saturated carbocycles. The molecule has 1 rings (SSSR count). The average molecular weight is 288 g/mol. The summed E-state index contributed by atoms with van der Waals surface area (Å²) in [6.45, 7) is 6.25. The lowest BCUT2D eigenvalue weighted by Gasteiger charge is -2.22. The molecule has 1 aromatic rings. The zero-order chi connectivity index (χ0) is 14.7. The van der Waals surface area contributed by atoms with Gasteiger partial charge >= 0.3 is 0 Å². The fraction of sp³-hybridized carbons (Fsp3) is 0.636. The van der Waals surface area contributed by atoms with Gasteiger partial charge in [0.15, 0.2) is 5.82 Å². The molecule has 0 atom stereocenters. The minimum Gasteiger partial charge on any atom is -0.364 e. The van der Waals surface area contributed by atoms with Crippen LogP contribution in [0, 0.1) is 0 Å². The van der Waals surface area contributed by atoms with Gasteiger partial charge in [0, 0.05) is 31.0 Å². The highest BCUT2D eigenvalue weighted by Crippen LogP contribution is 2.10. The van der Waals surface area contributed by atoms with Gasteiger partial charge in [-0.1, -0.05) is 0 Å². The van der Waals surface area contributed by atoms with E-state index in [9.17, 15) is 13.2 Å². The van der Waals surface area contributed by atoms with E-state index in [0.29, 0.717) is 6.54 Å². The van der Waals surface area contributed by atoms with Crippen molar-refractivity contribution in [2.45, 2.75) is 26.3 Å². The van der Waals surface area contributed by atoms with Crippen molar-refractivity contribution >= 4 is 15.8 Å². The zero-order valence-electron chi connectivity index (χ0n) is 11.6. The second-order valence-electron chi connectivity index (χ2n) is 5.22. The van der Waals surface area contributed by atoms with Gasteiger partial charge in [0.05, 0.1) is 6.26 Å². The Morgan fingerprint density at radius 1 is 1.32 bits per heavy atom. The average Bonchev–Trinajstić information content (AvgIpc) is 2.23. The molecule has 19 heavy (non-hydrogen) atoms. The SMILES string of the molecule is CC(C)(C)n1ccnc(NCCNS(C)(=O)=O)c1=O. The second kappa shape index (κ2) is 5.70. The van der Waals surface area contributed by atoms with Crippen LogP contribution in [0.3, 0.4) is 0 Å². The van der Waals surface area contributed by atoms with Crippen LogP contribution in [0.4, 0.5) is 5.82 Å². The van der Waals surface area contributed by atoms with Crippen molar-refractivity contribution in [3.8, 4) is 0 Å². The molecule has 0 bridgehead atoms. The van der Waals surface area contributed by atoms with Crippen LogP contribution in [-0.2, 0) is 15.6 Å². The summed E-state index contributed by atoms with van der Waals surface area (Å²) in [5.74, 6) is 0.215. The molecule has 0 spiro atoms. The van der Waals surface area contributed by atoms with Crippen molar-refractivity contribution in [2.75, 3.05) is 24.7 Å². The summed E-state index contributed by atoms with van der Waals surface area (Å²) < 4.78 is 25.7. The van der Waals surface area contributed by atoms with Crippen molar-refractivity contribution in [3.63, 3.8) is 0 Å². The number of rotatable bonds is 5. The Morgan fingerprint density at radius 3 is 2.47 bits per heavy atom. The van der Waals surface area contributed by atoms with E-state index < -0.39 is 10.0 Å². The second-order valence-corrected chi connectivity index (χ2v) is 7.05. The van der Waals surface area contributed by atoms with Gasteiger partial charge in [-0.2, -0.15) is 0 Å². The third kappa shape index (κ3) is 4.99. The van der Waals surface area contributed by atoms with Crippen LogP contribution in [0.15, 0.2) is 17.2 Å². The Bertz CT molecular complexity index is 587. The summed E-state index contributed by atoms with van der Waals surface area (Å²) in [6.07, 6.45) is 4.25. The molecule has 1 aromatic heterocycles. The first-order valence-corrected chi connectivity index (χ1v) is 7.77. The van der Waals surface area contributed by atoms with E-state index >= 15 is 0 Å². The molecule has 0 aliphatic heterocycles. The van der Waals surface area contributed by atoms with Crippen LogP contribution in [0.25, 0.3) is 0 Å². The van der Waals surface area contributed by atoms with Crippen molar-refractivity contribution in [3.05, 3.63) is 22.7 Å². The van der Waals surface area contributed by atoms with Crippen LogP contribution >= 0.6 is 0 Å². The highest BCUT2D eigenvalue weighted by molar-refractivity contribution is 7.88. The van der Waals surface area contributed by atoms with E-state index in [-0.39, 0.29) is 23.5 Å². The normalized spacial score (nSPS) is 12.4. The maximum atomic E-state index is 12.1. The third-order valence-corrected chi connectivity index (χ3v) is 3.07. The van der Waals surface area contributed by atoms with Crippen molar-refractivity contribution in [1.29, 1.82) is 0 Å². The molecule has 0 saturated heterocycles. The van der Waals surface area contributed by atoms with Gasteiger partial charge in [0.25, 0.3) is 5.56 Å². The fourth-order valence-electron chi connectivity index (χ4n) is 1.48. The topological polar surface area (TPSA) is 93.1 Å². The summed E-state index contributed by atoms with van der Waals surface area (Å²) in [7, 11) is -3.21. The van der Waals surface area contributed by atoms with Gasteiger partial charge in [-0.3, -0.25) is 4.79 Å². The molecule has 2 N–H and O–H groups in total. The van der Waals surface area contributed by atoms with Crippen LogP contribution < -0.4 is 15.6 Å². The van der Waals surface area contributed by atoms with E-state index in [0.717, 1.165) is 6.26 Å². The summed E-state index contributed by atoms with van der Waals surface area (Å²) in [6, 6.07) is 0. The Labute approximate surface area is 113 Å². The first-order chi connectivity index (χ1) is 8.61. The highest BCUT2D eigenvalue weighted by atomic mass is 32.2. The molecular formula is C11H20N4O3S. The number of aromatic nitrogens is 2. The predicted molar refractivity (Wildman–Crippen MR) is 74.8 cm³/mol. The summed E-state index contributed by atoms with van der Waals surface area (Å²) in [5, 5.41) is 2.83. The molecule has 0 amide bonds. The number of hydrogen-bond acceptors (Lipinski definition) is 5. The molecule has 0 aromatic carbocycles. The smallest absolute Gasteiger partial charge is 0.293 e. The molecule has 0 unspecified atom stereocenters. The Kier molecular flexibility index (Phi) is 4.70. The highest BCUT2D eigenvalue weighted by Gasteiger charge is 2.16. The molecule has 0 fully saturated rings. The molecular weight excluding hydrogens is 268 g/mol. The van der Waals surface area contributed by atoms with Crippen molar-refractivity contribution in [2.24, 2.45) is 0 Å². The lowest BCUT2D eigenvalue weighted by molar-refractivity contribution is 0.383. The van der Waals surface area contributed by atoms with Gasteiger partial charge < -0.3 is 9.88 Å². The molecule has 8 heteroatoms. The van der Waals surface area contributed by atoms with Crippen LogP contribution in [-0.4, -0.2) is 37.3 Å². The van der Waals surface area contributed by atoms with E-state index in [1.807, 2.05) is 20.8 Å². The van der Waals surface area contributed by atoms with Gasteiger partial charge in [-0.15, -0.1) is 0 Å². The van der Waals surface area contributed by atoms with Crippen LogP contribution in [0.2, 0.25) is 0 Å². The van der Waals surface area contributed by atoms with E-state index in [1.165, 1.54) is 0 Å². The van der Waals surface area contributed by atoms with Gasteiger partial charge in [0.1, 0.15) is 0 Å². The quantitative estimate of drug-likeness (QED) is 0.742. The van der Waals surface area contributed by atoms with Crippen LogP contribution in [0.5, 0.6) is 0 Å². The zero-order valence-corrected chi connectivity index (χ0v) is 12.4. The predicted octanol–water partition coefficient (Wildman–Crippen LogP) is -0.0406.